The number of nitrogens with zero attached hydrogens (tertiary/aromatic N) is 2. The van der Waals surface area contributed by atoms with Crippen molar-refractivity contribution in [2.24, 2.45) is 0 Å². The van der Waals surface area contributed by atoms with Crippen molar-refractivity contribution < 1.29 is 22.8 Å². The lowest BCUT2D eigenvalue weighted by molar-refractivity contribution is -0.186. The number of amides is 2. The molecule has 0 aliphatic heterocycles. The van der Waals surface area contributed by atoms with Crippen molar-refractivity contribution in [3.05, 3.63) is 80.7 Å². The molecule has 0 aliphatic rings. The second-order valence-electron chi connectivity index (χ2n) is 7.93. The normalized spacial score (nSPS) is 11.4. The van der Waals surface area contributed by atoms with Gasteiger partial charge in [-0.1, -0.05) is 48.9 Å². The highest BCUT2D eigenvalue weighted by Crippen LogP contribution is 2.22. The third-order valence-corrected chi connectivity index (χ3v) is 6.99. The molecule has 0 radical (unpaired) electrons. The van der Waals surface area contributed by atoms with Gasteiger partial charge in [0.25, 0.3) is 0 Å². The van der Waals surface area contributed by atoms with E-state index < -0.39 is 12.1 Å². The highest BCUT2D eigenvalue weighted by atomic mass is 32.1. The van der Waals surface area contributed by atoms with E-state index in [1.807, 2.05) is 39.9 Å². The van der Waals surface area contributed by atoms with Gasteiger partial charge in [-0.25, -0.2) is 0 Å². The van der Waals surface area contributed by atoms with Gasteiger partial charge in [0.2, 0.25) is 5.91 Å². The number of alkyl halides is 3. The van der Waals surface area contributed by atoms with Gasteiger partial charge in [-0.15, -0.1) is 22.7 Å². The molecule has 182 valence electrons. The summed E-state index contributed by atoms with van der Waals surface area (Å²) in [5, 5.41) is 3.96. The second kappa shape index (κ2) is 12.7. The molecule has 3 aromatic rings. The van der Waals surface area contributed by atoms with Crippen LogP contribution in [0.4, 0.5) is 13.2 Å². The Morgan fingerprint density at radius 1 is 0.735 bits per heavy atom. The Morgan fingerprint density at radius 2 is 1.35 bits per heavy atom. The molecule has 2 amide bonds. The monoisotopic (exact) mass is 508 g/mol. The first-order valence-corrected chi connectivity index (χ1v) is 12.8. The van der Waals surface area contributed by atoms with Gasteiger partial charge in [0, 0.05) is 29.3 Å². The average molecular weight is 509 g/mol. The Bertz CT molecular complexity index is 970. The molecule has 0 unspecified atom stereocenters. The molecule has 2 aromatic heterocycles. The Hall–Kier alpha value is -2.65. The summed E-state index contributed by atoms with van der Waals surface area (Å²) in [5.41, 5.74) is 0.646. The minimum Gasteiger partial charge on any atom is -0.332 e. The van der Waals surface area contributed by atoms with Gasteiger partial charge in [-0.3, -0.25) is 9.59 Å². The zero-order chi connectivity index (χ0) is 24.4. The third kappa shape index (κ3) is 8.29. The van der Waals surface area contributed by atoms with Gasteiger partial charge >= 0.3 is 12.1 Å². The highest BCUT2D eigenvalue weighted by Gasteiger charge is 2.42. The predicted octanol–water partition coefficient (Wildman–Crippen LogP) is 6.49. The Labute approximate surface area is 205 Å². The summed E-state index contributed by atoms with van der Waals surface area (Å²) in [6.07, 6.45) is -3.06. The summed E-state index contributed by atoms with van der Waals surface area (Å²) in [6.45, 7) is 0.988. The van der Waals surface area contributed by atoms with Gasteiger partial charge in [0.05, 0.1) is 13.1 Å². The van der Waals surface area contributed by atoms with Crippen LogP contribution in [0.3, 0.4) is 0 Å². The van der Waals surface area contributed by atoms with Crippen LogP contribution in [-0.2, 0) is 29.2 Å². The topological polar surface area (TPSA) is 40.6 Å². The van der Waals surface area contributed by atoms with Crippen LogP contribution in [0.15, 0.2) is 65.4 Å². The van der Waals surface area contributed by atoms with Crippen LogP contribution >= 0.6 is 22.7 Å². The van der Waals surface area contributed by atoms with E-state index in [9.17, 15) is 22.8 Å². The van der Waals surface area contributed by atoms with Crippen LogP contribution in [0.25, 0.3) is 0 Å². The molecule has 1 aromatic carbocycles. The van der Waals surface area contributed by atoms with Gasteiger partial charge < -0.3 is 9.80 Å². The van der Waals surface area contributed by atoms with Crippen molar-refractivity contribution in [1.29, 1.82) is 0 Å². The fourth-order valence-electron chi connectivity index (χ4n) is 3.56. The maximum absolute atomic E-state index is 13.0. The van der Waals surface area contributed by atoms with Crippen LogP contribution in [0, 0.1) is 0 Å². The largest absolute Gasteiger partial charge is 0.471 e. The third-order valence-electron chi connectivity index (χ3n) is 5.27. The predicted molar refractivity (Wildman–Crippen MR) is 129 cm³/mol. The van der Waals surface area contributed by atoms with E-state index in [-0.39, 0.29) is 19.0 Å². The zero-order valence-corrected chi connectivity index (χ0v) is 20.3. The summed E-state index contributed by atoms with van der Waals surface area (Å²) >= 11 is 3.20. The molecule has 2 heterocycles. The molecule has 4 nitrogen and oxygen atoms in total. The number of thiophene rings is 2. The first kappa shape index (κ1) is 26.0. The summed E-state index contributed by atoms with van der Waals surface area (Å²) in [7, 11) is 0. The maximum Gasteiger partial charge on any atom is 0.471 e. The molecule has 34 heavy (non-hydrogen) atoms. The van der Waals surface area contributed by atoms with Crippen LogP contribution in [0.5, 0.6) is 0 Å². The Morgan fingerprint density at radius 3 is 1.88 bits per heavy atom. The van der Waals surface area contributed by atoms with Crippen molar-refractivity contribution in [1.82, 2.24) is 9.80 Å². The van der Waals surface area contributed by atoms with Gasteiger partial charge in [0.1, 0.15) is 0 Å². The number of hydrogen-bond acceptors (Lipinski definition) is 4. The van der Waals surface area contributed by atoms with Crippen LogP contribution in [0.1, 0.15) is 41.0 Å². The first-order chi connectivity index (χ1) is 16.3. The quantitative estimate of drug-likeness (QED) is 0.262. The summed E-state index contributed by atoms with van der Waals surface area (Å²) in [4.78, 5) is 29.6. The van der Waals surface area contributed by atoms with E-state index in [4.69, 9.17) is 0 Å². The van der Waals surface area contributed by atoms with E-state index in [1.54, 1.807) is 53.0 Å². The van der Waals surface area contributed by atoms with E-state index in [1.165, 1.54) is 0 Å². The lowest BCUT2D eigenvalue weighted by atomic mass is 10.1. The highest BCUT2D eigenvalue weighted by molar-refractivity contribution is 7.10. The maximum atomic E-state index is 13.0. The van der Waals surface area contributed by atoms with Crippen LogP contribution in [-0.4, -0.2) is 34.3 Å². The first-order valence-electron chi connectivity index (χ1n) is 11.1. The van der Waals surface area contributed by atoms with Crippen molar-refractivity contribution in [2.45, 2.75) is 51.5 Å². The van der Waals surface area contributed by atoms with Crippen molar-refractivity contribution >= 4 is 34.5 Å². The number of unbranched alkanes of at least 4 members (excludes halogenated alkanes) is 2. The number of hydrogen-bond donors (Lipinski definition) is 0. The standard InChI is InChI=1S/C25H27F3N2O2S2/c26-25(27,28)24(32)29(17-20-9-3-1-4-10-20)14-6-2-5-13-23(31)30(18-21-11-7-15-33-21)19-22-12-8-16-34-22/h1,3-4,7-12,15-16H,2,5-6,13-14,17-19H2. The smallest absolute Gasteiger partial charge is 0.332 e. The average Bonchev–Trinajstić information content (AvgIpc) is 3.51. The van der Waals surface area contributed by atoms with Crippen molar-refractivity contribution in [2.75, 3.05) is 6.54 Å². The van der Waals surface area contributed by atoms with E-state index in [0.29, 0.717) is 44.3 Å². The number of halogens is 3. The van der Waals surface area contributed by atoms with E-state index in [0.717, 1.165) is 14.7 Å². The number of benzene rings is 1. The van der Waals surface area contributed by atoms with Crippen LogP contribution in [0.2, 0.25) is 0 Å². The number of carbonyl (C=O) groups excluding carboxylic acids is 2. The van der Waals surface area contributed by atoms with Gasteiger partial charge in [-0.2, -0.15) is 13.2 Å². The summed E-state index contributed by atoms with van der Waals surface area (Å²) in [5.74, 6) is -1.81. The van der Waals surface area contributed by atoms with Gasteiger partial charge in [-0.05, 0) is 41.3 Å². The van der Waals surface area contributed by atoms with E-state index in [2.05, 4.69) is 0 Å². The van der Waals surface area contributed by atoms with Crippen LogP contribution < -0.4 is 0 Å². The molecule has 0 spiro atoms. The second-order valence-corrected chi connectivity index (χ2v) is 9.99. The minimum absolute atomic E-state index is 0.00443. The fourth-order valence-corrected chi connectivity index (χ4v) is 5.00. The zero-order valence-electron chi connectivity index (χ0n) is 18.7. The molecule has 9 heteroatoms. The summed E-state index contributed by atoms with van der Waals surface area (Å²) < 4.78 is 39.1. The Kier molecular flexibility index (Phi) is 9.71. The molecule has 0 bridgehead atoms. The van der Waals surface area contributed by atoms with Gasteiger partial charge in [0.15, 0.2) is 0 Å². The molecule has 0 saturated heterocycles. The molecule has 0 atom stereocenters. The molecule has 3 rings (SSSR count). The molecule has 0 fully saturated rings. The Balaban J connectivity index is 1.49. The molecule has 0 aliphatic carbocycles. The molecule has 0 N–H and O–H groups in total. The lowest BCUT2D eigenvalue weighted by Gasteiger charge is -2.24. The number of rotatable bonds is 12. The lowest BCUT2D eigenvalue weighted by Crippen LogP contribution is -2.41. The van der Waals surface area contributed by atoms with Crippen molar-refractivity contribution in [3.8, 4) is 0 Å². The van der Waals surface area contributed by atoms with E-state index >= 15 is 0 Å². The SMILES string of the molecule is O=C(CCCCCN(Cc1ccccc1)C(=O)C(F)(F)F)N(Cc1cccs1)Cc1cccs1. The molecular formula is C25H27F3N2O2S2. The minimum atomic E-state index is -4.91. The molecular weight excluding hydrogens is 481 g/mol. The fraction of sp³-hybridized carbons (Fsp3) is 0.360. The van der Waals surface area contributed by atoms with Crippen molar-refractivity contribution in [3.63, 3.8) is 0 Å². The molecule has 0 saturated carbocycles. The number of carbonyl (C=O) groups is 2. The summed E-state index contributed by atoms with van der Waals surface area (Å²) in [6, 6.07) is 16.5.